The number of halogens is 2. The van der Waals surface area contributed by atoms with Gasteiger partial charge < -0.3 is 0 Å². The second kappa shape index (κ2) is 12.5. The van der Waals surface area contributed by atoms with Gasteiger partial charge >= 0.3 is 276 Å². The first-order valence-electron chi connectivity index (χ1n) is 16.8. The van der Waals surface area contributed by atoms with Crippen molar-refractivity contribution < 1.29 is 18.3 Å². The molecule has 2 aliphatic carbocycles. The first-order chi connectivity index (χ1) is 20.9. The molecule has 1 atom stereocenters. The molecule has 0 heterocycles. The third kappa shape index (κ3) is 5.98. The molecule has 0 bridgehead atoms. The normalized spacial score (nSPS) is 16.4. The Morgan fingerprint density at radius 1 is 0.596 bits per heavy atom. The second-order valence-electron chi connectivity index (χ2n) is 17.0. The third-order valence-corrected chi connectivity index (χ3v) is 27.5. The van der Waals surface area contributed by atoms with Crippen molar-refractivity contribution in [3.05, 3.63) is 134 Å². The van der Waals surface area contributed by atoms with Crippen LogP contribution in [0.5, 0.6) is 0 Å². The van der Waals surface area contributed by atoms with Crippen molar-refractivity contribution >= 4 is 38.8 Å². The average molecular weight is 745 g/mol. The molecule has 0 saturated heterocycles. The van der Waals surface area contributed by atoms with E-state index in [9.17, 15) is 0 Å². The molecule has 3 heteroatoms. The number of fused-ring (bicyclic) bond motifs is 3. The van der Waals surface area contributed by atoms with E-state index in [0.29, 0.717) is 5.92 Å². The van der Waals surface area contributed by atoms with E-state index in [-0.39, 0.29) is 41.1 Å². The molecule has 4 aromatic rings. The van der Waals surface area contributed by atoms with Gasteiger partial charge in [-0.25, -0.2) is 0 Å². The number of hydrogen-bond acceptors (Lipinski definition) is 0. The molecular formula is C44H54Cl2Zr. The van der Waals surface area contributed by atoms with Crippen LogP contribution in [0.25, 0.3) is 11.1 Å². The molecule has 248 valence electrons. The van der Waals surface area contributed by atoms with E-state index >= 15 is 0 Å². The van der Waals surface area contributed by atoms with Gasteiger partial charge in [-0.3, -0.25) is 0 Å². The van der Waals surface area contributed by atoms with Gasteiger partial charge in [0, 0.05) is 0 Å². The Kier molecular flexibility index (Phi) is 10.0. The van der Waals surface area contributed by atoms with Crippen LogP contribution in [-0.4, -0.2) is 4.21 Å². The molecule has 4 aromatic carbocycles. The summed E-state index contributed by atoms with van der Waals surface area (Å²) in [4.78, 5) is 0. The molecule has 1 unspecified atom stereocenters. The van der Waals surface area contributed by atoms with Gasteiger partial charge in [0.15, 0.2) is 0 Å². The van der Waals surface area contributed by atoms with Crippen molar-refractivity contribution in [2.24, 2.45) is 11.3 Å². The zero-order valence-electron chi connectivity index (χ0n) is 30.1. The third-order valence-electron chi connectivity index (χ3n) is 11.0. The first-order valence-corrected chi connectivity index (χ1v) is 23.5. The Morgan fingerprint density at radius 3 is 1.55 bits per heavy atom. The predicted octanol–water partition coefficient (Wildman–Crippen LogP) is 10.6. The monoisotopic (exact) mass is 742 g/mol. The summed E-state index contributed by atoms with van der Waals surface area (Å²) < 4.78 is 11.7. The fraction of sp³-hybridized carbons (Fsp3) is 0.341. The van der Waals surface area contributed by atoms with E-state index in [4.69, 9.17) is 4.21 Å². The maximum absolute atomic E-state index is 5.79. The molecule has 0 amide bonds. The Labute approximate surface area is 298 Å². The van der Waals surface area contributed by atoms with Crippen LogP contribution in [0.2, 0.25) is 0 Å². The van der Waals surface area contributed by atoms with Crippen LogP contribution in [0.1, 0.15) is 91.5 Å². The molecule has 0 nitrogen and oxygen atoms in total. The van der Waals surface area contributed by atoms with Crippen molar-refractivity contribution in [1.82, 2.24) is 0 Å². The van der Waals surface area contributed by atoms with E-state index < -0.39 is 18.3 Å². The van der Waals surface area contributed by atoms with Crippen LogP contribution in [0.15, 0.2) is 112 Å². The molecule has 0 radical (unpaired) electrons. The topological polar surface area (TPSA) is 0 Å². The predicted molar refractivity (Wildman–Crippen MR) is 210 cm³/mol. The number of benzene rings is 4. The van der Waals surface area contributed by atoms with Crippen LogP contribution < -0.4 is 9.81 Å². The fourth-order valence-electron chi connectivity index (χ4n) is 8.15. The number of hydrogen-bond donors (Lipinski definition) is 0. The van der Waals surface area contributed by atoms with Crippen molar-refractivity contribution in [2.75, 3.05) is 0 Å². The van der Waals surface area contributed by atoms with E-state index in [1.807, 2.05) is 0 Å². The maximum atomic E-state index is 5.79. The van der Waals surface area contributed by atoms with Crippen molar-refractivity contribution in [3.63, 3.8) is 0 Å². The zero-order valence-corrected chi connectivity index (χ0v) is 34.2. The number of rotatable bonds is 4. The Morgan fingerprint density at radius 2 is 1.09 bits per heavy atom. The van der Waals surface area contributed by atoms with Crippen LogP contribution in [-0.2, 0) is 35.5 Å². The van der Waals surface area contributed by atoms with E-state index in [0.717, 1.165) is 6.42 Å². The zero-order chi connectivity index (χ0) is 32.6. The van der Waals surface area contributed by atoms with Crippen molar-refractivity contribution in [2.45, 2.75) is 86.5 Å². The molecule has 0 aromatic heterocycles. The SMILES string of the molecule is Cl.Cl.[CH2]=[Zr]([C]1=CC(C(C)(C)C)=CC1C)([c]1ccc(C(C)(C)C)cc1)([c]1ccc(C(C)(C)C)cc1)[c]1cccc2c1Cc1ccccc1-2. The van der Waals surface area contributed by atoms with Gasteiger partial charge in [0.25, 0.3) is 0 Å². The minimum atomic E-state index is -4.90. The van der Waals surface area contributed by atoms with Crippen LogP contribution >= 0.6 is 24.8 Å². The summed E-state index contributed by atoms with van der Waals surface area (Å²) in [6.07, 6.45) is 6.10. The molecule has 0 saturated carbocycles. The van der Waals surface area contributed by atoms with E-state index in [2.05, 4.69) is 172 Å². The summed E-state index contributed by atoms with van der Waals surface area (Å²) in [7, 11) is 0. The van der Waals surface area contributed by atoms with Gasteiger partial charge in [-0.15, -0.1) is 24.8 Å². The van der Waals surface area contributed by atoms with Crippen molar-refractivity contribution in [1.29, 1.82) is 0 Å². The quantitative estimate of drug-likeness (QED) is 0.172. The Bertz CT molecular complexity index is 1850. The molecular weight excluding hydrogens is 691 g/mol. The molecule has 47 heavy (non-hydrogen) atoms. The van der Waals surface area contributed by atoms with Gasteiger partial charge in [0.05, 0.1) is 0 Å². The molecule has 2 aliphatic rings. The van der Waals surface area contributed by atoms with E-state index in [1.165, 1.54) is 48.8 Å². The standard InChI is InChI=1S/C13H9.C10H15.2C10H13.CH2.2ClH.Zr/c1-3-7-12-10(5-1)9-11-6-2-4-8-13(11)12;1-8-5-6-9(7-8)10(2,3)4;2*1-10(2,3)9-7-5-4-6-8-9;;;;/h1-5,7-8H,9H2;6-8H,1-4H3;2*5-8H,1-3H3;1H2;2*1H;. The summed E-state index contributed by atoms with van der Waals surface area (Å²) in [6.45, 7) is 23.4. The van der Waals surface area contributed by atoms with Gasteiger partial charge in [-0.1, -0.05) is 0 Å². The molecule has 0 aliphatic heterocycles. The van der Waals surface area contributed by atoms with Gasteiger partial charge in [0.1, 0.15) is 0 Å². The van der Waals surface area contributed by atoms with Crippen molar-refractivity contribution in [3.8, 4) is 11.1 Å². The first kappa shape index (κ1) is 37.5. The van der Waals surface area contributed by atoms with Gasteiger partial charge in [0.2, 0.25) is 0 Å². The van der Waals surface area contributed by atoms with Crippen LogP contribution in [0.4, 0.5) is 0 Å². The molecule has 0 spiro atoms. The molecule has 0 fully saturated rings. The molecule has 6 rings (SSSR count). The summed E-state index contributed by atoms with van der Waals surface area (Å²) in [5, 5.41) is 0. The molecule has 0 N–H and O–H groups in total. The number of allylic oxidation sites excluding steroid dienone is 4. The fourth-order valence-corrected chi connectivity index (χ4v) is 24.5. The summed E-state index contributed by atoms with van der Waals surface area (Å²) in [5.41, 5.74) is 10.1. The van der Waals surface area contributed by atoms with Crippen LogP contribution in [0.3, 0.4) is 0 Å². The Balaban J connectivity index is 0.00000250. The summed E-state index contributed by atoms with van der Waals surface area (Å²) >= 11 is -4.90. The van der Waals surface area contributed by atoms with Gasteiger partial charge in [-0.2, -0.15) is 0 Å². The van der Waals surface area contributed by atoms with Crippen LogP contribution in [0, 0.1) is 11.3 Å². The average Bonchev–Trinajstić information content (AvgIpc) is 3.57. The minimum absolute atomic E-state index is 0. The summed E-state index contributed by atoms with van der Waals surface area (Å²) in [5.74, 6) is 0.298. The van der Waals surface area contributed by atoms with E-state index in [1.54, 1.807) is 3.28 Å². The summed E-state index contributed by atoms with van der Waals surface area (Å²) in [6, 6.07) is 35.6. The van der Waals surface area contributed by atoms with Gasteiger partial charge in [-0.05, 0) is 0 Å². The second-order valence-corrected chi connectivity index (χ2v) is 29.8. The Hall–Kier alpha value is -2.31.